The second kappa shape index (κ2) is 4.75. The number of halogens is 1. The molecule has 0 saturated carbocycles. The Kier molecular flexibility index (Phi) is 3.91. The summed E-state index contributed by atoms with van der Waals surface area (Å²) < 4.78 is 5.29. The zero-order valence-corrected chi connectivity index (χ0v) is 7.55. The van der Waals surface area contributed by atoms with Crippen molar-refractivity contribution in [2.45, 2.75) is 13.0 Å². The molecule has 1 fully saturated rings. The lowest BCUT2D eigenvalue weighted by Gasteiger charge is -2.32. The Morgan fingerprint density at radius 2 is 2.55 bits per heavy atom. The van der Waals surface area contributed by atoms with Crippen molar-refractivity contribution in [2.24, 2.45) is 0 Å². The standard InChI is InChI=1S/C8H14ClNO/c1-8-7-11-6-5-10(8)4-2-3-9/h2-3,8H,4-7H2,1H3/b3-2+. The Morgan fingerprint density at radius 3 is 3.18 bits per heavy atom. The number of morpholine rings is 1. The van der Waals surface area contributed by atoms with E-state index >= 15 is 0 Å². The normalized spacial score (nSPS) is 28.0. The third-order valence-corrected chi connectivity index (χ3v) is 2.11. The van der Waals surface area contributed by atoms with Crippen molar-refractivity contribution in [3.05, 3.63) is 11.6 Å². The number of nitrogens with zero attached hydrogens (tertiary/aromatic N) is 1. The second-order valence-corrected chi connectivity index (χ2v) is 3.03. The molecule has 64 valence electrons. The summed E-state index contributed by atoms with van der Waals surface area (Å²) in [5, 5.41) is 0. The Morgan fingerprint density at radius 1 is 1.73 bits per heavy atom. The Bertz CT molecular complexity index is 138. The first-order chi connectivity index (χ1) is 5.34. The predicted octanol–water partition coefficient (Wildman–Crippen LogP) is 1.46. The summed E-state index contributed by atoms with van der Waals surface area (Å²) in [5.74, 6) is 0. The minimum Gasteiger partial charge on any atom is -0.379 e. The molecule has 1 aliphatic heterocycles. The van der Waals surface area contributed by atoms with Crippen molar-refractivity contribution < 1.29 is 4.74 Å². The lowest BCUT2D eigenvalue weighted by molar-refractivity contribution is 0.00558. The second-order valence-electron chi connectivity index (χ2n) is 2.78. The number of rotatable bonds is 2. The highest BCUT2D eigenvalue weighted by Crippen LogP contribution is 2.05. The van der Waals surface area contributed by atoms with Gasteiger partial charge >= 0.3 is 0 Å². The van der Waals surface area contributed by atoms with Crippen molar-refractivity contribution in [1.82, 2.24) is 4.90 Å². The monoisotopic (exact) mass is 175 g/mol. The number of hydrogen-bond acceptors (Lipinski definition) is 2. The van der Waals surface area contributed by atoms with Crippen LogP contribution in [0.25, 0.3) is 0 Å². The molecular weight excluding hydrogens is 162 g/mol. The number of ether oxygens (including phenoxy) is 1. The van der Waals surface area contributed by atoms with Gasteiger partial charge < -0.3 is 4.74 Å². The first-order valence-corrected chi connectivity index (χ1v) is 4.35. The van der Waals surface area contributed by atoms with E-state index < -0.39 is 0 Å². The van der Waals surface area contributed by atoms with Crippen LogP contribution in [0.4, 0.5) is 0 Å². The molecule has 0 aromatic heterocycles. The maximum Gasteiger partial charge on any atom is 0.0619 e. The van der Waals surface area contributed by atoms with Crippen LogP contribution >= 0.6 is 11.6 Å². The topological polar surface area (TPSA) is 12.5 Å². The van der Waals surface area contributed by atoms with Gasteiger partial charge in [0.05, 0.1) is 13.2 Å². The smallest absolute Gasteiger partial charge is 0.0619 e. The van der Waals surface area contributed by atoms with Gasteiger partial charge in [0.25, 0.3) is 0 Å². The summed E-state index contributed by atoms with van der Waals surface area (Å²) in [6.07, 6.45) is 1.96. The molecule has 1 unspecified atom stereocenters. The van der Waals surface area contributed by atoms with E-state index in [1.165, 1.54) is 0 Å². The van der Waals surface area contributed by atoms with E-state index in [4.69, 9.17) is 16.3 Å². The summed E-state index contributed by atoms with van der Waals surface area (Å²) in [5.41, 5.74) is 1.57. The molecule has 1 heterocycles. The van der Waals surface area contributed by atoms with Crippen molar-refractivity contribution in [3.8, 4) is 0 Å². The lowest BCUT2D eigenvalue weighted by Crippen LogP contribution is -2.43. The average molecular weight is 176 g/mol. The largest absolute Gasteiger partial charge is 0.379 e. The van der Waals surface area contributed by atoms with Crippen LogP contribution in [-0.2, 0) is 4.74 Å². The van der Waals surface area contributed by atoms with Crippen LogP contribution in [0.5, 0.6) is 0 Å². The van der Waals surface area contributed by atoms with E-state index in [-0.39, 0.29) is 0 Å². The van der Waals surface area contributed by atoms with Crippen LogP contribution in [0.1, 0.15) is 6.92 Å². The first-order valence-electron chi connectivity index (χ1n) is 3.91. The van der Waals surface area contributed by atoms with Gasteiger partial charge in [-0.15, -0.1) is 0 Å². The molecule has 1 rings (SSSR count). The molecule has 0 aromatic rings. The molecule has 0 bridgehead atoms. The molecule has 0 radical (unpaired) electrons. The van der Waals surface area contributed by atoms with Crippen LogP contribution in [0.2, 0.25) is 0 Å². The highest BCUT2D eigenvalue weighted by atomic mass is 35.5. The van der Waals surface area contributed by atoms with Crippen LogP contribution < -0.4 is 0 Å². The van der Waals surface area contributed by atoms with Gasteiger partial charge in [-0.05, 0) is 6.92 Å². The van der Waals surface area contributed by atoms with Crippen molar-refractivity contribution in [3.63, 3.8) is 0 Å². The van der Waals surface area contributed by atoms with E-state index in [9.17, 15) is 0 Å². The van der Waals surface area contributed by atoms with Crippen LogP contribution in [0, 0.1) is 0 Å². The van der Waals surface area contributed by atoms with Gasteiger partial charge in [0.15, 0.2) is 0 Å². The molecule has 1 atom stereocenters. The van der Waals surface area contributed by atoms with Crippen molar-refractivity contribution >= 4 is 11.6 Å². The number of hydrogen-bond donors (Lipinski definition) is 0. The highest BCUT2D eigenvalue weighted by Gasteiger charge is 2.16. The predicted molar refractivity (Wildman–Crippen MR) is 46.8 cm³/mol. The molecule has 0 aliphatic carbocycles. The third kappa shape index (κ3) is 2.81. The highest BCUT2D eigenvalue weighted by molar-refractivity contribution is 6.25. The maximum absolute atomic E-state index is 5.43. The summed E-state index contributed by atoms with van der Waals surface area (Å²) >= 11 is 5.43. The van der Waals surface area contributed by atoms with Crippen molar-refractivity contribution in [2.75, 3.05) is 26.3 Å². The van der Waals surface area contributed by atoms with Gasteiger partial charge in [-0.25, -0.2) is 0 Å². The molecular formula is C8H14ClNO. The maximum atomic E-state index is 5.43. The third-order valence-electron chi connectivity index (χ3n) is 1.93. The Hall–Kier alpha value is -0.0500. The molecule has 11 heavy (non-hydrogen) atoms. The Labute approximate surface area is 72.8 Å². The molecule has 3 heteroatoms. The average Bonchev–Trinajstić information content (AvgIpc) is 2.03. The summed E-state index contributed by atoms with van der Waals surface area (Å²) in [6.45, 7) is 5.81. The fourth-order valence-electron chi connectivity index (χ4n) is 1.21. The van der Waals surface area contributed by atoms with Crippen LogP contribution in [-0.4, -0.2) is 37.2 Å². The van der Waals surface area contributed by atoms with Gasteiger partial charge in [0.2, 0.25) is 0 Å². The van der Waals surface area contributed by atoms with Gasteiger partial charge in [-0.3, -0.25) is 4.90 Å². The quantitative estimate of drug-likeness (QED) is 0.630. The molecule has 1 aliphatic rings. The molecule has 0 aromatic carbocycles. The van der Waals surface area contributed by atoms with E-state index in [0.717, 1.165) is 26.3 Å². The van der Waals surface area contributed by atoms with E-state index in [1.54, 1.807) is 5.54 Å². The van der Waals surface area contributed by atoms with Crippen LogP contribution in [0.3, 0.4) is 0 Å². The van der Waals surface area contributed by atoms with Gasteiger partial charge in [-0.1, -0.05) is 17.7 Å². The summed E-state index contributed by atoms with van der Waals surface area (Å²) in [4.78, 5) is 2.35. The molecule has 2 nitrogen and oxygen atoms in total. The zero-order valence-electron chi connectivity index (χ0n) is 6.79. The fourth-order valence-corrected chi connectivity index (χ4v) is 1.29. The molecule has 0 N–H and O–H groups in total. The summed E-state index contributed by atoms with van der Waals surface area (Å²) in [7, 11) is 0. The van der Waals surface area contributed by atoms with E-state index in [0.29, 0.717) is 6.04 Å². The SMILES string of the molecule is CC1COCCN1C/C=C/Cl. The minimum absolute atomic E-state index is 0.525. The van der Waals surface area contributed by atoms with Crippen molar-refractivity contribution in [1.29, 1.82) is 0 Å². The van der Waals surface area contributed by atoms with E-state index in [2.05, 4.69) is 11.8 Å². The lowest BCUT2D eigenvalue weighted by atomic mass is 10.2. The van der Waals surface area contributed by atoms with E-state index in [1.807, 2.05) is 6.08 Å². The summed E-state index contributed by atoms with van der Waals surface area (Å²) in [6, 6.07) is 0.525. The molecule has 0 spiro atoms. The molecule has 1 saturated heterocycles. The fraction of sp³-hybridized carbons (Fsp3) is 0.750. The van der Waals surface area contributed by atoms with Gasteiger partial charge in [0, 0.05) is 24.7 Å². The van der Waals surface area contributed by atoms with Crippen LogP contribution in [0.15, 0.2) is 11.6 Å². The Balaban J connectivity index is 2.29. The van der Waals surface area contributed by atoms with Gasteiger partial charge in [0.1, 0.15) is 0 Å². The zero-order chi connectivity index (χ0) is 8.10. The first kappa shape index (κ1) is 9.04. The minimum atomic E-state index is 0.525. The van der Waals surface area contributed by atoms with Gasteiger partial charge in [-0.2, -0.15) is 0 Å². The molecule has 0 amide bonds.